The van der Waals surface area contributed by atoms with Crippen molar-refractivity contribution in [3.8, 4) is 5.75 Å². The number of carboxylic acids is 1. The number of hydrogen-bond donors (Lipinski definition) is 1. The van der Waals surface area contributed by atoms with Crippen molar-refractivity contribution in [1.82, 2.24) is 0 Å². The second kappa shape index (κ2) is 7.26. The van der Waals surface area contributed by atoms with Crippen LogP contribution in [-0.2, 0) is 0 Å². The molecule has 0 fully saturated rings. The molecular formula is C17H17N2O3-. The number of ether oxygens (including phenoxy) is 1. The van der Waals surface area contributed by atoms with Gasteiger partial charge < -0.3 is 14.6 Å². The smallest absolute Gasteiger partial charge is 0.128 e. The van der Waals surface area contributed by atoms with Crippen LogP contribution >= 0.6 is 0 Å². The first-order valence-corrected chi connectivity index (χ1v) is 6.95. The molecule has 0 unspecified atom stereocenters. The molecule has 0 aliphatic rings. The molecule has 2 aromatic rings. The van der Waals surface area contributed by atoms with Gasteiger partial charge in [0.2, 0.25) is 0 Å². The molecule has 0 spiro atoms. The summed E-state index contributed by atoms with van der Waals surface area (Å²) in [7, 11) is 0. The zero-order valence-electron chi connectivity index (χ0n) is 12.5. The first-order valence-electron chi connectivity index (χ1n) is 6.95. The van der Waals surface area contributed by atoms with Crippen LogP contribution in [0.5, 0.6) is 5.75 Å². The molecule has 0 aliphatic heterocycles. The van der Waals surface area contributed by atoms with Gasteiger partial charge in [-0.05, 0) is 43.7 Å². The Bertz CT molecular complexity index is 679. The normalized spacial score (nSPS) is 11.1. The van der Waals surface area contributed by atoms with Crippen molar-refractivity contribution in [2.75, 3.05) is 12.0 Å². The minimum atomic E-state index is -1.20. The summed E-state index contributed by atoms with van der Waals surface area (Å²) in [5, 5.41) is 15.0. The molecule has 2 rings (SSSR count). The average molecular weight is 297 g/mol. The molecule has 0 bridgehead atoms. The van der Waals surface area contributed by atoms with Gasteiger partial charge in [-0.2, -0.15) is 5.10 Å². The van der Waals surface area contributed by atoms with Gasteiger partial charge in [0.15, 0.2) is 0 Å². The van der Waals surface area contributed by atoms with Crippen LogP contribution in [0, 0.1) is 0 Å². The van der Waals surface area contributed by atoms with Gasteiger partial charge in [-0.3, -0.25) is 5.43 Å². The van der Waals surface area contributed by atoms with Crippen LogP contribution in [0.3, 0.4) is 0 Å². The van der Waals surface area contributed by atoms with Gasteiger partial charge in [-0.15, -0.1) is 0 Å². The molecule has 114 valence electrons. The van der Waals surface area contributed by atoms with E-state index >= 15 is 0 Å². The molecule has 1 N–H and O–H groups in total. The lowest BCUT2D eigenvalue weighted by molar-refractivity contribution is -0.255. The highest BCUT2D eigenvalue weighted by Gasteiger charge is 2.05. The predicted molar refractivity (Wildman–Crippen MR) is 84.2 cm³/mol. The lowest BCUT2D eigenvalue weighted by atomic mass is 10.1. The van der Waals surface area contributed by atoms with Crippen LogP contribution in [0.25, 0.3) is 0 Å². The molecule has 0 amide bonds. The highest BCUT2D eigenvalue weighted by atomic mass is 16.5. The van der Waals surface area contributed by atoms with E-state index in [4.69, 9.17) is 4.74 Å². The van der Waals surface area contributed by atoms with E-state index < -0.39 is 5.97 Å². The van der Waals surface area contributed by atoms with Crippen molar-refractivity contribution in [1.29, 1.82) is 0 Å². The average Bonchev–Trinajstić information content (AvgIpc) is 2.54. The molecule has 0 saturated heterocycles. The number of para-hydroxylation sites is 1. The minimum absolute atomic E-state index is 0.132. The fourth-order valence-corrected chi connectivity index (χ4v) is 1.94. The summed E-state index contributed by atoms with van der Waals surface area (Å²) in [4.78, 5) is 10.7. The molecule has 0 saturated carbocycles. The van der Waals surface area contributed by atoms with E-state index in [1.807, 2.05) is 38.1 Å². The lowest BCUT2D eigenvalue weighted by Gasteiger charge is -2.10. The van der Waals surface area contributed by atoms with Gasteiger partial charge in [-0.1, -0.05) is 24.3 Å². The molecule has 0 radical (unpaired) electrons. The zero-order chi connectivity index (χ0) is 15.9. The molecule has 5 nitrogen and oxygen atoms in total. The summed E-state index contributed by atoms with van der Waals surface area (Å²) in [6.45, 7) is 4.39. The first-order chi connectivity index (χ1) is 10.6. The number of rotatable bonds is 6. The summed E-state index contributed by atoms with van der Waals surface area (Å²) >= 11 is 0. The number of anilines is 1. The van der Waals surface area contributed by atoms with Crippen molar-refractivity contribution in [2.24, 2.45) is 5.10 Å². The Morgan fingerprint density at radius 2 is 1.86 bits per heavy atom. The number of hydrazone groups is 1. The fraction of sp³-hybridized carbons (Fsp3) is 0.176. The lowest BCUT2D eigenvalue weighted by Crippen LogP contribution is -2.21. The Balaban J connectivity index is 2.14. The van der Waals surface area contributed by atoms with E-state index in [0.29, 0.717) is 12.3 Å². The van der Waals surface area contributed by atoms with Gasteiger partial charge >= 0.3 is 0 Å². The number of nitrogens with zero attached hydrogens (tertiary/aromatic N) is 1. The van der Waals surface area contributed by atoms with Crippen LogP contribution in [0.2, 0.25) is 0 Å². The van der Waals surface area contributed by atoms with E-state index in [1.165, 1.54) is 12.1 Å². The third-order valence-electron chi connectivity index (χ3n) is 3.05. The Labute approximate surface area is 129 Å². The van der Waals surface area contributed by atoms with E-state index in [2.05, 4.69) is 10.5 Å². The third kappa shape index (κ3) is 3.85. The van der Waals surface area contributed by atoms with Crippen molar-refractivity contribution >= 4 is 17.4 Å². The van der Waals surface area contributed by atoms with Crippen LogP contribution in [0.1, 0.15) is 29.8 Å². The van der Waals surface area contributed by atoms with Crippen molar-refractivity contribution in [3.63, 3.8) is 0 Å². The summed E-state index contributed by atoms with van der Waals surface area (Å²) in [5.41, 5.74) is 5.40. The number of carboxylic acid groups (broad SMARTS) is 1. The van der Waals surface area contributed by atoms with E-state index in [0.717, 1.165) is 17.0 Å². The second-order valence-electron chi connectivity index (χ2n) is 4.60. The standard InChI is InChI=1S/C17H18N2O3/c1-3-22-16-7-5-4-6-15(16)12(2)18-19-14-10-8-13(9-11-14)17(20)21/h4-11,19H,3H2,1-2H3,(H,20,21)/p-1/b18-12-. The Morgan fingerprint density at radius 3 is 2.50 bits per heavy atom. The fourth-order valence-electron chi connectivity index (χ4n) is 1.94. The second-order valence-corrected chi connectivity index (χ2v) is 4.60. The van der Waals surface area contributed by atoms with Gasteiger partial charge in [0.05, 0.1) is 24.0 Å². The van der Waals surface area contributed by atoms with E-state index in [9.17, 15) is 9.90 Å². The van der Waals surface area contributed by atoms with Crippen LogP contribution < -0.4 is 15.3 Å². The SMILES string of the molecule is CCOc1ccccc1/C(C)=N\Nc1ccc(C(=O)[O-])cc1. The summed E-state index contributed by atoms with van der Waals surface area (Å²) < 4.78 is 5.57. The highest BCUT2D eigenvalue weighted by molar-refractivity contribution is 6.01. The molecule has 2 aromatic carbocycles. The first kappa shape index (κ1) is 15.6. The maximum atomic E-state index is 10.7. The zero-order valence-corrected chi connectivity index (χ0v) is 12.5. The minimum Gasteiger partial charge on any atom is -0.545 e. The van der Waals surface area contributed by atoms with E-state index in [1.54, 1.807) is 12.1 Å². The number of aromatic carboxylic acids is 1. The Morgan fingerprint density at radius 1 is 1.18 bits per heavy atom. The molecule has 0 atom stereocenters. The van der Waals surface area contributed by atoms with Gasteiger partial charge in [0.1, 0.15) is 5.75 Å². The monoisotopic (exact) mass is 297 g/mol. The topological polar surface area (TPSA) is 73.8 Å². The summed E-state index contributed by atoms with van der Waals surface area (Å²) in [6, 6.07) is 13.9. The molecule has 0 aromatic heterocycles. The van der Waals surface area contributed by atoms with Gasteiger partial charge in [-0.25, -0.2) is 0 Å². The maximum absolute atomic E-state index is 10.7. The number of benzene rings is 2. The van der Waals surface area contributed by atoms with Crippen molar-refractivity contribution in [2.45, 2.75) is 13.8 Å². The third-order valence-corrected chi connectivity index (χ3v) is 3.05. The summed E-state index contributed by atoms with van der Waals surface area (Å²) in [5.74, 6) is -0.419. The number of carbonyl (C=O) groups excluding carboxylic acids is 1. The largest absolute Gasteiger partial charge is 0.545 e. The number of nitrogens with one attached hydrogen (secondary N) is 1. The molecule has 0 heterocycles. The maximum Gasteiger partial charge on any atom is 0.128 e. The van der Waals surface area contributed by atoms with Gasteiger partial charge in [0, 0.05) is 5.56 Å². The predicted octanol–water partition coefficient (Wildman–Crippen LogP) is 2.28. The molecule has 0 aliphatic carbocycles. The van der Waals surface area contributed by atoms with Gasteiger partial charge in [0.25, 0.3) is 0 Å². The summed E-state index contributed by atoms with van der Waals surface area (Å²) in [6.07, 6.45) is 0. The molecular weight excluding hydrogens is 280 g/mol. The number of hydrogen-bond acceptors (Lipinski definition) is 5. The Kier molecular flexibility index (Phi) is 5.14. The van der Waals surface area contributed by atoms with Crippen molar-refractivity contribution in [3.05, 3.63) is 59.7 Å². The molecule has 5 heteroatoms. The van der Waals surface area contributed by atoms with Crippen molar-refractivity contribution < 1.29 is 14.6 Å². The molecule has 22 heavy (non-hydrogen) atoms. The highest BCUT2D eigenvalue weighted by Crippen LogP contribution is 2.19. The Hall–Kier alpha value is -2.82. The quantitative estimate of drug-likeness (QED) is 0.656. The van der Waals surface area contributed by atoms with Crippen LogP contribution in [-0.4, -0.2) is 18.3 Å². The van der Waals surface area contributed by atoms with Crippen LogP contribution in [0.4, 0.5) is 5.69 Å². The van der Waals surface area contributed by atoms with E-state index in [-0.39, 0.29) is 5.56 Å². The van der Waals surface area contributed by atoms with Crippen LogP contribution in [0.15, 0.2) is 53.6 Å². The number of carbonyl (C=O) groups is 1.